The van der Waals surface area contributed by atoms with Crippen LogP contribution in [0.25, 0.3) is 11.3 Å². The van der Waals surface area contributed by atoms with Crippen molar-refractivity contribution in [2.45, 2.75) is 31.5 Å². The third-order valence-electron chi connectivity index (χ3n) is 5.50. The molecule has 1 saturated heterocycles. The Balaban J connectivity index is 1.42. The summed E-state index contributed by atoms with van der Waals surface area (Å²) in [6, 6.07) is 14.4. The highest BCUT2D eigenvalue weighted by atomic mass is 19.3. The molecule has 0 aliphatic carbocycles. The van der Waals surface area contributed by atoms with Gasteiger partial charge in [0.2, 0.25) is 5.95 Å². The molecule has 2 aromatic heterocycles. The number of aromatic nitrogens is 3. The fourth-order valence-electron chi connectivity index (χ4n) is 3.68. The summed E-state index contributed by atoms with van der Waals surface area (Å²) >= 11 is 0. The molecule has 1 fully saturated rings. The Morgan fingerprint density at radius 3 is 2.66 bits per heavy atom. The maximum Gasteiger partial charge on any atom is 0.273 e. The summed E-state index contributed by atoms with van der Waals surface area (Å²) in [4.78, 5) is 26.0. The summed E-state index contributed by atoms with van der Waals surface area (Å²) in [5.74, 6) is 0.359. The van der Waals surface area contributed by atoms with E-state index in [4.69, 9.17) is 4.74 Å². The topological polar surface area (TPSA) is 124 Å². The molecule has 0 saturated carbocycles. The number of amides is 1. The van der Waals surface area contributed by atoms with Crippen LogP contribution >= 0.6 is 0 Å². The number of nitrogens with one attached hydrogen (secondary N) is 1. The van der Waals surface area contributed by atoms with E-state index in [0.29, 0.717) is 47.2 Å². The minimum Gasteiger partial charge on any atom is -0.489 e. The quantitative estimate of drug-likeness (QED) is 0.529. The fraction of sp³-hybridized carbons (Fsp3) is 0.292. The SMILES string of the molecule is N#Cc1cc(-c2ccnc(Nc3ccccn3)n2)ccc1OC1CCN(C(=O)[C@H](O)C(F)F)CC1. The Labute approximate surface area is 200 Å². The van der Waals surface area contributed by atoms with E-state index in [1.807, 2.05) is 6.07 Å². The number of piperidine rings is 1. The van der Waals surface area contributed by atoms with E-state index in [1.54, 1.807) is 48.8 Å². The number of pyridine rings is 1. The van der Waals surface area contributed by atoms with Crippen molar-refractivity contribution in [2.75, 3.05) is 18.4 Å². The van der Waals surface area contributed by atoms with Crippen molar-refractivity contribution in [1.82, 2.24) is 19.9 Å². The Kier molecular flexibility index (Phi) is 7.42. The van der Waals surface area contributed by atoms with Crippen molar-refractivity contribution in [1.29, 1.82) is 5.26 Å². The van der Waals surface area contributed by atoms with Gasteiger partial charge in [-0.1, -0.05) is 6.07 Å². The highest BCUT2D eigenvalue weighted by molar-refractivity contribution is 5.81. The third-order valence-corrected chi connectivity index (χ3v) is 5.50. The molecule has 35 heavy (non-hydrogen) atoms. The first-order chi connectivity index (χ1) is 16.9. The number of rotatable bonds is 7. The molecule has 3 heterocycles. The average Bonchev–Trinajstić information content (AvgIpc) is 2.89. The molecular weight excluding hydrogens is 458 g/mol. The molecule has 9 nitrogen and oxygen atoms in total. The van der Waals surface area contributed by atoms with Crippen LogP contribution in [0.15, 0.2) is 54.9 Å². The van der Waals surface area contributed by atoms with Crippen LogP contribution in [0.4, 0.5) is 20.5 Å². The number of carbonyl (C=O) groups excluding carboxylic acids is 1. The summed E-state index contributed by atoms with van der Waals surface area (Å²) < 4.78 is 31.2. The average molecular weight is 480 g/mol. The molecular formula is C24H22F2N6O3. The highest BCUT2D eigenvalue weighted by Gasteiger charge is 2.32. The van der Waals surface area contributed by atoms with Crippen LogP contribution in [0, 0.1) is 11.3 Å². The second kappa shape index (κ2) is 10.8. The molecule has 1 atom stereocenters. The molecule has 1 aliphatic heterocycles. The van der Waals surface area contributed by atoms with Crippen molar-refractivity contribution in [3.8, 4) is 23.1 Å². The van der Waals surface area contributed by atoms with Crippen molar-refractivity contribution in [2.24, 2.45) is 0 Å². The van der Waals surface area contributed by atoms with Crippen molar-refractivity contribution >= 4 is 17.7 Å². The maximum absolute atomic E-state index is 12.6. The zero-order valence-corrected chi connectivity index (χ0v) is 18.5. The summed E-state index contributed by atoms with van der Waals surface area (Å²) in [7, 11) is 0. The summed E-state index contributed by atoms with van der Waals surface area (Å²) in [6.07, 6.45) is -1.70. The van der Waals surface area contributed by atoms with Crippen LogP contribution in [-0.4, -0.2) is 62.6 Å². The highest BCUT2D eigenvalue weighted by Crippen LogP contribution is 2.28. The number of ether oxygens (including phenoxy) is 1. The summed E-state index contributed by atoms with van der Waals surface area (Å²) in [6.45, 7) is 0.362. The summed E-state index contributed by atoms with van der Waals surface area (Å²) in [5.41, 5.74) is 1.61. The number of aliphatic hydroxyl groups is 1. The predicted octanol–water partition coefficient (Wildman–Crippen LogP) is 3.15. The first-order valence-corrected chi connectivity index (χ1v) is 10.9. The fourth-order valence-corrected chi connectivity index (χ4v) is 3.68. The lowest BCUT2D eigenvalue weighted by atomic mass is 10.1. The molecule has 0 bridgehead atoms. The lowest BCUT2D eigenvalue weighted by molar-refractivity contribution is -0.150. The van der Waals surface area contributed by atoms with Crippen LogP contribution in [0.5, 0.6) is 5.75 Å². The zero-order valence-electron chi connectivity index (χ0n) is 18.5. The monoisotopic (exact) mass is 480 g/mol. The number of halogens is 2. The van der Waals surface area contributed by atoms with Crippen molar-refractivity contribution in [3.05, 3.63) is 60.4 Å². The van der Waals surface area contributed by atoms with Gasteiger partial charge in [0.1, 0.15) is 23.7 Å². The van der Waals surface area contributed by atoms with Gasteiger partial charge in [-0.2, -0.15) is 5.26 Å². The molecule has 180 valence electrons. The minimum atomic E-state index is -3.12. The first-order valence-electron chi connectivity index (χ1n) is 10.9. The molecule has 1 amide bonds. The molecule has 3 aromatic rings. The third kappa shape index (κ3) is 5.85. The maximum atomic E-state index is 12.6. The van der Waals surface area contributed by atoms with Gasteiger partial charge < -0.3 is 20.1 Å². The molecule has 1 aliphatic rings. The number of hydrogen-bond donors (Lipinski definition) is 2. The van der Waals surface area contributed by atoms with Crippen molar-refractivity contribution in [3.63, 3.8) is 0 Å². The van der Waals surface area contributed by atoms with Gasteiger partial charge in [-0.15, -0.1) is 0 Å². The zero-order chi connectivity index (χ0) is 24.8. The molecule has 11 heteroatoms. The number of nitriles is 1. The smallest absolute Gasteiger partial charge is 0.273 e. The van der Waals surface area contributed by atoms with E-state index < -0.39 is 18.4 Å². The Morgan fingerprint density at radius 2 is 1.97 bits per heavy atom. The number of nitrogens with zero attached hydrogens (tertiary/aromatic N) is 5. The largest absolute Gasteiger partial charge is 0.489 e. The lowest BCUT2D eigenvalue weighted by Crippen LogP contribution is -2.47. The minimum absolute atomic E-state index is 0.181. The Hall–Kier alpha value is -4.17. The van der Waals surface area contributed by atoms with Gasteiger partial charge >= 0.3 is 0 Å². The van der Waals surface area contributed by atoms with Gasteiger partial charge in [0, 0.05) is 43.9 Å². The number of aliphatic hydroxyl groups excluding tert-OH is 1. The molecule has 0 spiro atoms. The van der Waals surface area contributed by atoms with E-state index in [0.717, 1.165) is 0 Å². The van der Waals surface area contributed by atoms with Crippen LogP contribution in [0.1, 0.15) is 18.4 Å². The summed E-state index contributed by atoms with van der Waals surface area (Å²) in [5, 5.41) is 22.0. The van der Waals surface area contributed by atoms with E-state index >= 15 is 0 Å². The van der Waals surface area contributed by atoms with Crippen LogP contribution in [0.3, 0.4) is 0 Å². The van der Waals surface area contributed by atoms with Gasteiger partial charge in [0.05, 0.1) is 11.3 Å². The van der Waals surface area contributed by atoms with Gasteiger partial charge in [-0.3, -0.25) is 4.79 Å². The standard InChI is InChI=1S/C24H22F2N6O3/c25-22(26)21(33)23(34)32-11-7-17(8-12-32)35-19-5-4-15(13-16(19)14-27)18-6-10-29-24(30-18)31-20-3-1-2-9-28-20/h1-6,9-10,13,17,21-22,33H,7-8,11-12H2,(H,28,29,30,31)/t21-/m1/s1. The second-order valence-electron chi connectivity index (χ2n) is 7.85. The number of anilines is 2. The van der Waals surface area contributed by atoms with Gasteiger partial charge in [0.25, 0.3) is 12.3 Å². The number of alkyl halides is 2. The molecule has 1 aromatic carbocycles. The second-order valence-corrected chi connectivity index (χ2v) is 7.85. The van der Waals surface area contributed by atoms with Crippen LogP contribution < -0.4 is 10.1 Å². The Bertz CT molecular complexity index is 1210. The first kappa shape index (κ1) is 24.0. The van der Waals surface area contributed by atoms with Gasteiger partial charge in [0.15, 0.2) is 6.10 Å². The number of benzene rings is 1. The van der Waals surface area contributed by atoms with Crippen LogP contribution in [-0.2, 0) is 4.79 Å². The molecule has 0 unspecified atom stereocenters. The number of hydrogen-bond acceptors (Lipinski definition) is 8. The Morgan fingerprint density at radius 1 is 1.17 bits per heavy atom. The normalized spacial score (nSPS) is 14.9. The number of likely N-dealkylation sites (tertiary alicyclic amines) is 1. The van der Waals surface area contributed by atoms with Gasteiger partial charge in [-0.25, -0.2) is 23.7 Å². The molecule has 0 radical (unpaired) electrons. The van der Waals surface area contributed by atoms with E-state index in [2.05, 4.69) is 26.3 Å². The molecule has 4 rings (SSSR count). The van der Waals surface area contributed by atoms with E-state index in [-0.39, 0.29) is 19.2 Å². The van der Waals surface area contributed by atoms with Gasteiger partial charge in [-0.05, 0) is 36.4 Å². The predicted molar refractivity (Wildman–Crippen MR) is 122 cm³/mol. The molecule has 2 N–H and O–H groups in total. The van der Waals surface area contributed by atoms with Crippen molar-refractivity contribution < 1.29 is 23.4 Å². The number of carbonyl (C=O) groups is 1. The van der Waals surface area contributed by atoms with E-state index in [9.17, 15) is 23.9 Å². The lowest BCUT2D eigenvalue weighted by Gasteiger charge is -2.33. The van der Waals surface area contributed by atoms with E-state index in [1.165, 1.54) is 4.90 Å². The van der Waals surface area contributed by atoms with Crippen LogP contribution in [0.2, 0.25) is 0 Å².